The number of nitrogens with one attached hydrogen (secondary N) is 1. The summed E-state index contributed by atoms with van der Waals surface area (Å²) in [5, 5.41) is 14.1. The molecule has 0 amide bonds. The highest BCUT2D eigenvalue weighted by Gasteiger charge is 2.11. The zero-order valence-electron chi connectivity index (χ0n) is 12.5. The molecular formula is C15H24N2O3. The van der Waals surface area contributed by atoms with Crippen LogP contribution in [0.2, 0.25) is 0 Å². The Morgan fingerprint density at radius 2 is 2.05 bits per heavy atom. The van der Waals surface area contributed by atoms with Crippen LogP contribution in [0.15, 0.2) is 18.2 Å². The molecule has 5 nitrogen and oxygen atoms in total. The second-order valence-electron chi connectivity index (χ2n) is 5.10. The second-order valence-corrected chi connectivity index (χ2v) is 5.10. The van der Waals surface area contributed by atoms with Crippen LogP contribution < -0.4 is 10.1 Å². The molecule has 0 radical (unpaired) electrons. The van der Waals surface area contributed by atoms with Gasteiger partial charge >= 0.3 is 0 Å². The molecule has 0 aliphatic rings. The number of rotatable bonds is 9. The molecule has 1 aromatic carbocycles. The van der Waals surface area contributed by atoms with Gasteiger partial charge in [0.15, 0.2) is 0 Å². The minimum absolute atomic E-state index is 0.0595. The largest absolute Gasteiger partial charge is 0.493 e. The summed E-state index contributed by atoms with van der Waals surface area (Å²) >= 11 is 0. The van der Waals surface area contributed by atoms with E-state index in [1.807, 2.05) is 13.0 Å². The zero-order valence-corrected chi connectivity index (χ0v) is 12.5. The van der Waals surface area contributed by atoms with E-state index in [1.165, 1.54) is 12.1 Å². The third kappa shape index (κ3) is 5.47. The summed E-state index contributed by atoms with van der Waals surface area (Å²) in [6, 6.07) is 4.84. The molecule has 112 valence electrons. The van der Waals surface area contributed by atoms with E-state index >= 15 is 0 Å². The van der Waals surface area contributed by atoms with Gasteiger partial charge in [0.2, 0.25) is 0 Å². The fourth-order valence-electron chi connectivity index (χ4n) is 1.96. The predicted octanol–water partition coefficient (Wildman–Crippen LogP) is 4.23. The van der Waals surface area contributed by atoms with Crippen molar-refractivity contribution in [2.45, 2.75) is 40.0 Å². The second kappa shape index (κ2) is 8.40. The van der Waals surface area contributed by atoms with Gasteiger partial charge in [0.1, 0.15) is 5.75 Å². The molecule has 0 bridgehead atoms. The molecule has 20 heavy (non-hydrogen) atoms. The average Bonchev–Trinajstić information content (AvgIpc) is 2.43. The van der Waals surface area contributed by atoms with Crippen LogP contribution in [0.3, 0.4) is 0 Å². The highest BCUT2D eigenvalue weighted by atomic mass is 16.6. The van der Waals surface area contributed by atoms with Gasteiger partial charge in [0.05, 0.1) is 17.6 Å². The van der Waals surface area contributed by atoms with E-state index in [4.69, 9.17) is 4.74 Å². The van der Waals surface area contributed by atoms with Crippen molar-refractivity contribution in [3.05, 3.63) is 28.3 Å². The minimum atomic E-state index is -0.389. The molecule has 1 unspecified atom stereocenters. The first kappa shape index (κ1) is 16.3. The summed E-state index contributed by atoms with van der Waals surface area (Å²) in [6.07, 6.45) is 3.17. The lowest BCUT2D eigenvalue weighted by Crippen LogP contribution is -2.09. The van der Waals surface area contributed by atoms with Crippen molar-refractivity contribution in [3.8, 4) is 5.75 Å². The number of nitro benzene ring substituents is 1. The van der Waals surface area contributed by atoms with Gasteiger partial charge in [-0.1, -0.05) is 27.2 Å². The van der Waals surface area contributed by atoms with Gasteiger partial charge in [-0.05, 0) is 18.8 Å². The summed E-state index contributed by atoms with van der Waals surface area (Å²) in [4.78, 5) is 10.6. The highest BCUT2D eigenvalue weighted by molar-refractivity contribution is 5.56. The maximum Gasteiger partial charge on any atom is 0.275 e. The molecule has 0 saturated heterocycles. The number of anilines is 1. The third-order valence-corrected chi connectivity index (χ3v) is 3.00. The molecular weight excluding hydrogens is 256 g/mol. The van der Waals surface area contributed by atoms with Gasteiger partial charge in [-0.3, -0.25) is 10.1 Å². The Morgan fingerprint density at radius 1 is 1.30 bits per heavy atom. The Bertz CT molecular complexity index is 435. The van der Waals surface area contributed by atoms with Gasteiger partial charge in [0, 0.05) is 24.4 Å². The van der Waals surface area contributed by atoms with Crippen molar-refractivity contribution in [2.24, 2.45) is 5.92 Å². The minimum Gasteiger partial charge on any atom is -0.493 e. The van der Waals surface area contributed by atoms with Crippen LogP contribution in [0.5, 0.6) is 5.75 Å². The fourth-order valence-corrected chi connectivity index (χ4v) is 1.96. The molecule has 0 aromatic heterocycles. The Kier molecular flexibility index (Phi) is 6.84. The van der Waals surface area contributed by atoms with Gasteiger partial charge in [-0.15, -0.1) is 0 Å². The Balaban J connectivity index is 2.77. The number of ether oxygens (including phenoxy) is 1. The standard InChI is InChI=1S/C15H24N2O3/c1-4-6-12(3)11-20-15-9-13(16-7-5-2)8-14(10-15)17(18)19/h8-10,12,16H,4-7,11H2,1-3H3. The number of benzene rings is 1. The Labute approximate surface area is 120 Å². The maximum absolute atomic E-state index is 10.9. The molecule has 0 aliphatic heterocycles. The van der Waals surface area contributed by atoms with Crippen LogP contribution in [0, 0.1) is 16.0 Å². The van der Waals surface area contributed by atoms with Crippen LogP contribution in [-0.2, 0) is 0 Å². The zero-order chi connectivity index (χ0) is 15.0. The molecule has 1 N–H and O–H groups in total. The van der Waals surface area contributed by atoms with Crippen LogP contribution in [-0.4, -0.2) is 18.1 Å². The molecule has 1 rings (SSSR count). The molecule has 1 aromatic rings. The van der Waals surface area contributed by atoms with Crippen LogP contribution in [0.1, 0.15) is 40.0 Å². The Hall–Kier alpha value is -1.78. The highest BCUT2D eigenvalue weighted by Crippen LogP contribution is 2.26. The van der Waals surface area contributed by atoms with Crippen molar-refractivity contribution in [1.29, 1.82) is 0 Å². The first-order valence-electron chi connectivity index (χ1n) is 7.23. The van der Waals surface area contributed by atoms with E-state index in [-0.39, 0.29) is 10.6 Å². The van der Waals surface area contributed by atoms with Crippen LogP contribution in [0.4, 0.5) is 11.4 Å². The van der Waals surface area contributed by atoms with Gasteiger partial charge in [-0.2, -0.15) is 0 Å². The smallest absolute Gasteiger partial charge is 0.275 e. The molecule has 0 saturated carbocycles. The lowest BCUT2D eigenvalue weighted by atomic mass is 10.1. The fraction of sp³-hybridized carbons (Fsp3) is 0.600. The van der Waals surface area contributed by atoms with E-state index in [9.17, 15) is 10.1 Å². The topological polar surface area (TPSA) is 64.4 Å². The molecule has 0 heterocycles. The van der Waals surface area contributed by atoms with Crippen molar-refractivity contribution in [2.75, 3.05) is 18.5 Å². The average molecular weight is 280 g/mol. The summed E-state index contributed by atoms with van der Waals surface area (Å²) in [6.45, 7) is 7.68. The van der Waals surface area contributed by atoms with Gasteiger partial charge < -0.3 is 10.1 Å². The van der Waals surface area contributed by atoms with E-state index in [0.29, 0.717) is 18.3 Å². The van der Waals surface area contributed by atoms with Gasteiger partial charge in [-0.25, -0.2) is 0 Å². The van der Waals surface area contributed by atoms with Crippen LogP contribution >= 0.6 is 0 Å². The predicted molar refractivity (Wildman–Crippen MR) is 81.4 cm³/mol. The third-order valence-electron chi connectivity index (χ3n) is 3.00. The lowest BCUT2D eigenvalue weighted by Gasteiger charge is -2.13. The van der Waals surface area contributed by atoms with E-state index < -0.39 is 0 Å². The maximum atomic E-state index is 10.9. The van der Waals surface area contributed by atoms with E-state index in [2.05, 4.69) is 19.2 Å². The summed E-state index contributed by atoms with van der Waals surface area (Å²) < 4.78 is 5.69. The quantitative estimate of drug-likeness (QED) is 0.543. The Morgan fingerprint density at radius 3 is 2.65 bits per heavy atom. The monoisotopic (exact) mass is 280 g/mol. The molecule has 1 atom stereocenters. The normalized spacial score (nSPS) is 11.9. The summed E-state index contributed by atoms with van der Waals surface area (Å²) in [5.41, 5.74) is 0.795. The van der Waals surface area contributed by atoms with Crippen molar-refractivity contribution in [3.63, 3.8) is 0 Å². The van der Waals surface area contributed by atoms with Crippen molar-refractivity contribution >= 4 is 11.4 Å². The number of nitrogens with zero attached hydrogens (tertiary/aromatic N) is 1. The summed E-state index contributed by atoms with van der Waals surface area (Å²) in [7, 11) is 0. The number of hydrogen-bond donors (Lipinski definition) is 1. The first-order valence-corrected chi connectivity index (χ1v) is 7.23. The molecule has 0 fully saturated rings. The van der Waals surface area contributed by atoms with E-state index in [1.54, 1.807) is 0 Å². The number of hydrogen-bond acceptors (Lipinski definition) is 4. The molecule has 5 heteroatoms. The van der Waals surface area contributed by atoms with Gasteiger partial charge in [0.25, 0.3) is 5.69 Å². The molecule has 0 aliphatic carbocycles. The van der Waals surface area contributed by atoms with Crippen LogP contribution in [0.25, 0.3) is 0 Å². The first-order chi connectivity index (χ1) is 9.56. The number of non-ortho nitro benzene ring substituents is 1. The van der Waals surface area contributed by atoms with E-state index in [0.717, 1.165) is 31.5 Å². The van der Waals surface area contributed by atoms with Crippen molar-refractivity contribution in [1.82, 2.24) is 0 Å². The summed E-state index contributed by atoms with van der Waals surface area (Å²) in [5.74, 6) is 1.01. The number of nitro groups is 1. The molecule has 0 spiro atoms. The van der Waals surface area contributed by atoms with Crippen molar-refractivity contribution < 1.29 is 9.66 Å². The SMILES string of the molecule is CCCNc1cc(OCC(C)CCC)cc([N+](=O)[O-])c1. The lowest BCUT2D eigenvalue weighted by molar-refractivity contribution is -0.384.